The Kier molecular flexibility index (Phi) is 8.66. The minimum absolute atomic E-state index is 0.0430. The normalized spacial score (nSPS) is 21.1. The first-order valence-corrected chi connectivity index (χ1v) is 15.3. The van der Waals surface area contributed by atoms with Gasteiger partial charge in [-0.2, -0.15) is 0 Å². The lowest BCUT2D eigenvalue weighted by Crippen LogP contribution is -2.58. The van der Waals surface area contributed by atoms with Gasteiger partial charge < -0.3 is 20.5 Å². The smallest absolute Gasteiger partial charge is 0.243 e. The maximum absolute atomic E-state index is 13.6. The summed E-state index contributed by atoms with van der Waals surface area (Å²) in [7, 11) is 0. The molecule has 5 rings (SSSR count). The van der Waals surface area contributed by atoms with E-state index in [4.69, 9.17) is 10.7 Å². The molecule has 0 spiro atoms. The molecule has 8 heteroatoms. The van der Waals surface area contributed by atoms with E-state index >= 15 is 0 Å². The number of hydrogen-bond donors (Lipinski definition) is 2. The number of fused-ring (bicyclic) bond motifs is 1. The first-order chi connectivity index (χ1) is 19.2. The van der Waals surface area contributed by atoms with Crippen LogP contribution in [0.1, 0.15) is 69.0 Å². The fourth-order valence-corrected chi connectivity index (χ4v) is 6.47. The highest BCUT2D eigenvalue weighted by atomic mass is 32.2. The summed E-state index contributed by atoms with van der Waals surface area (Å²) in [6, 6.07) is 17.9. The van der Waals surface area contributed by atoms with Gasteiger partial charge in [0.1, 0.15) is 6.04 Å². The minimum atomic E-state index is -0.597. The van der Waals surface area contributed by atoms with E-state index in [2.05, 4.69) is 54.9 Å². The molecule has 0 bridgehead atoms. The topological polar surface area (TPSA) is 93.2 Å². The van der Waals surface area contributed by atoms with Gasteiger partial charge in [-0.15, -0.1) is 11.8 Å². The van der Waals surface area contributed by atoms with Crippen LogP contribution in [0.3, 0.4) is 0 Å². The second-order valence-corrected chi connectivity index (χ2v) is 13.2. The second kappa shape index (κ2) is 12.2. The van der Waals surface area contributed by atoms with Gasteiger partial charge in [-0.3, -0.25) is 9.59 Å². The van der Waals surface area contributed by atoms with Gasteiger partial charge in [0.15, 0.2) is 0 Å². The van der Waals surface area contributed by atoms with Crippen LogP contribution in [0.25, 0.3) is 0 Å². The number of amides is 2. The number of carbonyl (C=O) groups is 2. The fraction of sp³-hybridized carbons (Fsp3) is 0.469. The molecule has 2 aliphatic rings. The van der Waals surface area contributed by atoms with E-state index in [0.717, 1.165) is 42.0 Å². The van der Waals surface area contributed by atoms with Crippen LogP contribution in [0.2, 0.25) is 0 Å². The molecule has 2 amide bonds. The van der Waals surface area contributed by atoms with E-state index in [9.17, 15) is 9.59 Å². The Morgan fingerprint density at radius 2 is 1.77 bits per heavy atom. The van der Waals surface area contributed by atoms with E-state index in [1.165, 1.54) is 22.9 Å². The van der Waals surface area contributed by atoms with E-state index in [0.29, 0.717) is 19.5 Å². The highest BCUT2D eigenvalue weighted by Gasteiger charge is 2.38. The molecule has 1 saturated carbocycles. The van der Waals surface area contributed by atoms with E-state index in [1.54, 1.807) is 4.90 Å². The molecule has 0 saturated heterocycles. The molecule has 1 aromatic heterocycles. The van der Waals surface area contributed by atoms with Crippen LogP contribution >= 0.6 is 11.8 Å². The van der Waals surface area contributed by atoms with Crippen LogP contribution in [0.15, 0.2) is 65.8 Å². The molecule has 0 radical (unpaired) electrons. The van der Waals surface area contributed by atoms with Crippen molar-refractivity contribution in [2.24, 2.45) is 5.73 Å². The summed E-state index contributed by atoms with van der Waals surface area (Å²) < 4.78 is 2.12. The Balaban J connectivity index is 1.36. The second-order valence-electron chi connectivity index (χ2n) is 12.1. The number of aromatic nitrogens is 2. The van der Waals surface area contributed by atoms with Crippen molar-refractivity contribution in [2.45, 2.75) is 94.4 Å². The van der Waals surface area contributed by atoms with Gasteiger partial charge in [0, 0.05) is 29.9 Å². The van der Waals surface area contributed by atoms with E-state index in [1.807, 2.05) is 36.7 Å². The van der Waals surface area contributed by atoms with Gasteiger partial charge in [0.2, 0.25) is 11.8 Å². The Morgan fingerprint density at radius 3 is 2.48 bits per heavy atom. The predicted molar refractivity (Wildman–Crippen MR) is 160 cm³/mol. The van der Waals surface area contributed by atoms with Crippen molar-refractivity contribution < 1.29 is 9.59 Å². The highest BCUT2D eigenvalue weighted by Crippen LogP contribution is 2.28. The number of nitrogens with one attached hydrogen (secondary N) is 1. The zero-order valence-corrected chi connectivity index (χ0v) is 24.6. The molecule has 1 fully saturated rings. The molecule has 212 valence electrons. The summed E-state index contributed by atoms with van der Waals surface area (Å²) in [5, 5.41) is 3.19. The lowest BCUT2D eigenvalue weighted by atomic mass is 9.87. The Labute approximate surface area is 241 Å². The number of imidazole rings is 1. The number of rotatable bonds is 7. The van der Waals surface area contributed by atoms with Gasteiger partial charge >= 0.3 is 0 Å². The summed E-state index contributed by atoms with van der Waals surface area (Å²) in [4.78, 5) is 34.8. The summed E-state index contributed by atoms with van der Waals surface area (Å²) in [5.41, 5.74) is 10.8. The fourth-order valence-electron chi connectivity index (χ4n) is 5.67. The third-order valence-electron chi connectivity index (χ3n) is 8.16. The zero-order chi connectivity index (χ0) is 28.3. The van der Waals surface area contributed by atoms with Crippen LogP contribution in [0.5, 0.6) is 0 Å². The van der Waals surface area contributed by atoms with E-state index in [-0.39, 0.29) is 35.1 Å². The van der Waals surface area contributed by atoms with E-state index < -0.39 is 6.04 Å². The molecular weight excluding hydrogens is 518 g/mol. The lowest BCUT2D eigenvalue weighted by molar-refractivity contribution is -0.140. The Morgan fingerprint density at radius 1 is 1.05 bits per heavy atom. The molecule has 7 nitrogen and oxygen atoms in total. The predicted octanol–water partition coefficient (Wildman–Crippen LogP) is 4.66. The summed E-state index contributed by atoms with van der Waals surface area (Å²) in [6.45, 7) is 7.67. The number of nitrogens with zero attached hydrogens (tertiary/aromatic N) is 3. The van der Waals surface area contributed by atoms with Crippen molar-refractivity contribution in [3.05, 3.63) is 83.4 Å². The molecule has 2 aromatic carbocycles. The van der Waals surface area contributed by atoms with Crippen molar-refractivity contribution in [2.75, 3.05) is 5.75 Å². The lowest BCUT2D eigenvalue weighted by Gasteiger charge is -2.37. The molecule has 3 unspecified atom stereocenters. The van der Waals surface area contributed by atoms with Gasteiger partial charge in [-0.25, -0.2) is 4.98 Å². The van der Waals surface area contributed by atoms with Crippen molar-refractivity contribution in [3.8, 4) is 0 Å². The summed E-state index contributed by atoms with van der Waals surface area (Å²) in [6.07, 6.45) is 6.20. The third kappa shape index (κ3) is 6.61. The maximum Gasteiger partial charge on any atom is 0.243 e. The quantitative estimate of drug-likeness (QED) is 0.411. The first-order valence-electron chi connectivity index (χ1n) is 14.3. The Bertz CT molecular complexity index is 1320. The van der Waals surface area contributed by atoms with Gasteiger partial charge in [-0.05, 0) is 41.5 Å². The number of carbonyl (C=O) groups excluding carboxylic acids is 2. The molecule has 3 N–H and O–H groups in total. The van der Waals surface area contributed by atoms with Crippen LogP contribution in [0.4, 0.5) is 0 Å². The Hall–Kier alpha value is -3.10. The monoisotopic (exact) mass is 559 g/mol. The van der Waals surface area contributed by atoms with Crippen molar-refractivity contribution in [1.82, 2.24) is 19.8 Å². The van der Waals surface area contributed by atoms with Crippen LogP contribution in [-0.2, 0) is 34.5 Å². The zero-order valence-electron chi connectivity index (χ0n) is 23.8. The SMILES string of the molecule is CC(C)(C)c1ccc(Cn2cnc3c2CN(C(=O)CSc2ccccc2)C(C(=O)NC2CCCCC2N)C3)cc1. The molecule has 1 aliphatic carbocycles. The number of nitrogens with two attached hydrogens (primary N) is 1. The van der Waals surface area contributed by atoms with Gasteiger partial charge in [0.05, 0.1) is 30.0 Å². The molecular formula is C32H41N5O2S. The van der Waals surface area contributed by atoms with Crippen molar-refractivity contribution in [1.29, 1.82) is 0 Å². The standard InChI is InChI=1S/C32H41N5O2S/c1-32(2,3)23-15-13-22(14-16-23)18-36-21-34-27-17-28(31(39)35-26-12-8-7-11-25(26)33)37(19-29(27)36)30(38)20-40-24-9-5-4-6-10-24/h4-6,9-10,13-16,21,25-26,28H,7-8,11-12,17-20,33H2,1-3H3,(H,35,39). The number of benzene rings is 2. The summed E-state index contributed by atoms with van der Waals surface area (Å²) >= 11 is 1.50. The van der Waals surface area contributed by atoms with Gasteiger partial charge in [-0.1, -0.05) is 76.1 Å². The molecule has 3 aromatic rings. The largest absolute Gasteiger partial charge is 0.350 e. The van der Waals surface area contributed by atoms with Crippen LogP contribution in [0, 0.1) is 0 Å². The van der Waals surface area contributed by atoms with Crippen molar-refractivity contribution in [3.63, 3.8) is 0 Å². The summed E-state index contributed by atoms with van der Waals surface area (Å²) in [5.74, 6) is 0.0994. The molecule has 40 heavy (non-hydrogen) atoms. The first kappa shape index (κ1) is 28.4. The minimum Gasteiger partial charge on any atom is -0.350 e. The molecule has 1 aliphatic heterocycles. The number of hydrogen-bond acceptors (Lipinski definition) is 5. The van der Waals surface area contributed by atoms with Crippen LogP contribution < -0.4 is 11.1 Å². The van der Waals surface area contributed by atoms with Crippen LogP contribution in [-0.4, -0.2) is 50.1 Å². The number of thioether (sulfide) groups is 1. The molecule has 3 atom stereocenters. The molecule has 2 heterocycles. The van der Waals surface area contributed by atoms with Crippen molar-refractivity contribution >= 4 is 23.6 Å². The average molecular weight is 560 g/mol. The highest BCUT2D eigenvalue weighted by molar-refractivity contribution is 8.00. The maximum atomic E-state index is 13.6. The third-order valence-corrected chi connectivity index (χ3v) is 9.16. The van der Waals surface area contributed by atoms with Gasteiger partial charge in [0.25, 0.3) is 0 Å². The average Bonchev–Trinajstić information content (AvgIpc) is 3.34.